The number of carbonyl (C=O) groups is 1. The van der Waals surface area contributed by atoms with E-state index >= 15 is 0 Å². The average molecular weight is 234 g/mol. The summed E-state index contributed by atoms with van der Waals surface area (Å²) in [5.41, 5.74) is 5.16. The van der Waals surface area contributed by atoms with Gasteiger partial charge in [0.2, 0.25) is 0 Å². The molecule has 0 saturated heterocycles. The van der Waals surface area contributed by atoms with Crippen molar-refractivity contribution in [3.05, 3.63) is 47.8 Å². The summed E-state index contributed by atoms with van der Waals surface area (Å²) in [7, 11) is 0. The first kappa shape index (κ1) is 11.6. The fraction of sp³-hybridized carbons (Fsp3) is 0.308. The molecule has 2 N–H and O–H groups in total. The highest BCUT2D eigenvalue weighted by atomic mass is 19.1. The summed E-state index contributed by atoms with van der Waals surface area (Å²) >= 11 is 0. The van der Waals surface area contributed by atoms with Crippen LogP contribution in [0.3, 0.4) is 0 Å². The second-order valence-electron chi connectivity index (χ2n) is 4.38. The van der Waals surface area contributed by atoms with E-state index in [4.69, 9.17) is 5.73 Å². The molecule has 1 aliphatic rings. The topological polar surface area (TPSA) is 46.3 Å². The molecule has 1 heterocycles. The Bertz CT molecular complexity index is 472. The van der Waals surface area contributed by atoms with Crippen LogP contribution in [-0.4, -0.2) is 17.5 Å². The van der Waals surface area contributed by atoms with Crippen LogP contribution in [0.25, 0.3) is 0 Å². The number of rotatable bonds is 1. The summed E-state index contributed by atoms with van der Waals surface area (Å²) in [6, 6.07) is 5.97. The van der Waals surface area contributed by atoms with Crippen molar-refractivity contribution in [1.29, 1.82) is 0 Å². The SMILES string of the molecule is CC1(c2ccccc2F)CC=CCN1C(N)=O. The first-order valence-electron chi connectivity index (χ1n) is 5.53. The lowest BCUT2D eigenvalue weighted by atomic mass is 9.84. The lowest BCUT2D eigenvalue weighted by molar-refractivity contribution is 0.133. The van der Waals surface area contributed by atoms with Crippen LogP contribution in [0, 0.1) is 5.82 Å². The fourth-order valence-corrected chi connectivity index (χ4v) is 2.29. The zero-order valence-electron chi connectivity index (χ0n) is 9.69. The smallest absolute Gasteiger partial charge is 0.315 e. The van der Waals surface area contributed by atoms with Crippen LogP contribution in [0.1, 0.15) is 18.9 Å². The third-order valence-electron chi connectivity index (χ3n) is 3.29. The third-order valence-corrected chi connectivity index (χ3v) is 3.29. The summed E-state index contributed by atoms with van der Waals surface area (Å²) in [6.45, 7) is 2.25. The maximum Gasteiger partial charge on any atom is 0.315 e. The van der Waals surface area contributed by atoms with Gasteiger partial charge in [0.15, 0.2) is 0 Å². The molecule has 2 rings (SSSR count). The Hall–Kier alpha value is -1.84. The lowest BCUT2D eigenvalue weighted by Gasteiger charge is -2.42. The van der Waals surface area contributed by atoms with Gasteiger partial charge >= 0.3 is 6.03 Å². The molecule has 0 spiro atoms. The van der Waals surface area contributed by atoms with Crippen LogP contribution in [0.5, 0.6) is 0 Å². The normalized spacial score (nSPS) is 23.8. The number of hydrogen-bond donors (Lipinski definition) is 1. The van der Waals surface area contributed by atoms with Gasteiger partial charge in [-0.25, -0.2) is 9.18 Å². The third kappa shape index (κ3) is 1.90. The number of carbonyl (C=O) groups excluding carboxylic acids is 1. The Morgan fingerprint density at radius 1 is 1.41 bits per heavy atom. The van der Waals surface area contributed by atoms with Crippen LogP contribution in [0.4, 0.5) is 9.18 Å². The average Bonchev–Trinajstić information content (AvgIpc) is 2.29. The molecule has 1 unspecified atom stereocenters. The molecule has 0 fully saturated rings. The van der Waals surface area contributed by atoms with Crippen LogP contribution in [0.15, 0.2) is 36.4 Å². The minimum Gasteiger partial charge on any atom is -0.351 e. The maximum atomic E-state index is 13.9. The van der Waals surface area contributed by atoms with Gasteiger partial charge in [0, 0.05) is 12.1 Å². The first-order chi connectivity index (χ1) is 8.05. The number of halogens is 1. The van der Waals surface area contributed by atoms with E-state index in [1.54, 1.807) is 18.2 Å². The second kappa shape index (κ2) is 4.20. The molecular weight excluding hydrogens is 219 g/mol. The Morgan fingerprint density at radius 3 is 2.76 bits per heavy atom. The molecule has 3 nitrogen and oxygen atoms in total. The molecule has 0 bridgehead atoms. The molecule has 0 saturated carbocycles. The van der Waals surface area contributed by atoms with E-state index in [-0.39, 0.29) is 5.82 Å². The Morgan fingerprint density at radius 2 is 2.12 bits per heavy atom. The summed E-state index contributed by atoms with van der Waals surface area (Å²) < 4.78 is 13.9. The Kier molecular flexibility index (Phi) is 2.88. The highest BCUT2D eigenvalue weighted by Gasteiger charge is 2.38. The van der Waals surface area contributed by atoms with Gasteiger partial charge in [-0.1, -0.05) is 30.4 Å². The second-order valence-corrected chi connectivity index (χ2v) is 4.38. The zero-order chi connectivity index (χ0) is 12.5. The van der Waals surface area contributed by atoms with Crippen molar-refractivity contribution in [2.24, 2.45) is 5.73 Å². The van der Waals surface area contributed by atoms with E-state index in [1.165, 1.54) is 11.0 Å². The molecule has 4 heteroatoms. The van der Waals surface area contributed by atoms with Gasteiger partial charge in [0.25, 0.3) is 0 Å². The predicted molar refractivity (Wildman–Crippen MR) is 63.8 cm³/mol. The minimum absolute atomic E-state index is 0.309. The van der Waals surface area contributed by atoms with Crippen LogP contribution < -0.4 is 5.73 Å². The van der Waals surface area contributed by atoms with Crippen molar-refractivity contribution in [3.63, 3.8) is 0 Å². The highest BCUT2D eigenvalue weighted by molar-refractivity contribution is 5.73. The van der Waals surface area contributed by atoms with Gasteiger partial charge in [-0.3, -0.25) is 0 Å². The predicted octanol–water partition coefficient (Wildman–Crippen LogP) is 2.38. The van der Waals surface area contributed by atoms with Gasteiger partial charge in [-0.2, -0.15) is 0 Å². The number of hydrogen-bond acceptors (Lipinski definition) is 1. The Labute approximate surface area is 99.7 Å². The molecule has 90 valence electrons. The molecule has 1 aromatic rings. The molecule has 1 atom stereocenters. The van der Waals surface area contributed by atoms with E-state index in [0.717, 1.165) is 0 Å². The van der Waals surface area contributed by atoms with Crippen LogP contribution >= 0.6 is 0 Å². The summed E-state index contributed by atoms with van der Waals surface area (Å²) in [5, 5.41) is 0. The summed E-state index contributed by atoms with van der Waals surface area (Å²) in [4.78, 5) is 12.9. The molecule has 0 aromatic heterocycles. The van der Waals surface area contributed by atoms with E-state index in [0.29, 0.717) is 18.5 Å². The number of benzene rings is 1. The first-order valence-corrected chi connectivity index (χ1v) is 5.53. The molecule has 1 aromatic carbocycles. The van der Waals surface area contributed by atoms with Crippen LogP contribution in [-0.2, 0) is 5.54 Å². The number of primary amides is 1. The lowest BCUT2D eigenvalue weighted by Crippen LogP contribution is -2.51. The van der Waals surface area contributed by atoms with E-state index in [2.05, 4.69) is 0 Å². The van der Waals surface area contributed by atoms with Gasteiger partial charge in [0.1, 0.15) is 5.82 Å². The number of nitrogens with two attached hydrogens (primary N) is 1. The van der Waals surface area contributed by atoms with Crippen molar-refractivity contribution < 1.29 is 9.18 Å². The number of nitrogens with zero attached hydrogens (tertiary/aromatic N) is 1. The van der Waals surface area contributed by atoms with E-state index in [1.807, 2.05) is 19.1 Å². The molecule has 0 aliphatic carbocycles. The molecule has 2 amide bonds. The monoisotopic (exact) mass is 234 g/mol. The summed E-state index contributed by atoms with van der Waals surface area (Å²) in [6.07, 6.45) is 4.39. The van der Waals surface area contributed by atoms with Gasteiger partial charge in [-0.05, 0) is 19.4 Å². The van der Waals surface area contributed by atoms with E-state index < -0.39 is 11.6 Å². The van der Waals surface area contributed by atoms with Gasteiger partial charge in [-0.15, -0.1) is 0 Å². The largest absolute Gasteiger partial charge is 0.351 e. The van der Waals surface area contributed by atoms with E-state index in [9.17, 15) is 9.18 Å². The molecule has 17 heavy (non-hydrogen) atoms. The number of urea groups is 1. The van der Waals surface area contributed by atoms with Gasteiger partial charge < -0.3 is 10.6 Å². The standard InChI is InChI=1S/C13H15FN2O/c1-13(10-6-2-3-7-11(10)14)8-4-5-9-16(13)12(15)17/h2-7H,8-9H2,1H3,(H2,15,17). The van der Waals surface area contributed by atoms with Crippen molar-refractivity contribution >= 4 is 6.03 Å². The fourth-order valence-electron chi connectivity index (χ4n) is 2.29. The van der Waals surface area contributed by atoms with Crippen molar-refractivity contribution in [2.45, 2.75) is 18.9 Å². The summed E-state index contributed by atoms with van der Waals surface area (Å²) in [5.74, 6) is -0.309. The highest BCUT2D eigenvalue weighted by Crippen LogP contribution is 2.35. The molecular formula is C13H15FN2O. The number of amides is 2. The van der Waals surface area contributed by atoms with Crippen molar-refractivity contribution in [1.82, 2.24) is 4.90 Å². The van der Waals surface area contributed by atoms with Crippen molar-refractivity contribution in [2.75, 3.05) is 6.54 Å². The van der Waals surface area contributed by atoms with Gasteiger partial charge in [0.05, 0.1) is 5.54 Å². The quantitative estimate of drug-likeness (QED) is 0.745. The Balaban J connectivity index is 2.50. The maximum absolute atomic E-state index is 13.9. The van der Waals surface area contributed by atoms with Crippen LogP contribution in [0.2, 0.25) is 0 Å². The minimum atomic E-state index is -0.702. The molecule has 0 radical (unpaired) electrons. The molecule has 1 aliphatic heterocycles. The van der Waals surface area contributed by atoms with Crippen molar-refractivity contribution in [3.8, 4) is 0 Å². The zero-order valence-corrected chi connectivity index (χ0v) is 9.69.